The summed E-state index contributed by atoms with van der Waals surface area (Å²) in [7, 11) is 0. The molecule has 0 fully saturated rings. The second kappa shape index (κ2) is 8.99. The van der Waals surface area contributed by atoms with Crippen LogP contribution >= 0.6 is 0 Å². The highest BCUT2D eigenvalue weighted by atomic mass is 16.3. The maximum absolute atomic E-state index is 6.14. The average molecular weight is 517 g/mol. The minimum atomic E-state index is 0.549. The van der Waals surface area contributed by atoms with Gasteiger partial charge in [-0.1, -0.05) is 72.8 Å². The number of hydrogen-bond donors (Lipinski definition) is 0. The predicted octanol–water partition coefficient (Wildman–Crippen LogP) is 8.58. The van der Waals surface area contributed by atoms with Crippen molar-refractivity contribution in [1.82, 2.24) is 19.9 Å². The Hall–Kier alpha value is -5.62. The summed E-state index contributed by atoms with van der Waals surface area (Å²) in [6, 6.07) is 39.8. The highest BCUT2D eigenvalue weighted by Crippen LogP contribution is 2.33. The number of aromatic nitrogens is 4. The van der Waals surface area contributed by atoms with Crippen molar-refractivity contribution in [2.45, 2.75) is 0 Å². The fourth-order valence-corrected chi connectivity index (χ4v) is 4.98. The number of oxazole rings is 1. The second-order valence-corrected chi connectivity index (χ2v) is 9.55. The van der Waals surface area contributed by atoms with Crippen molar-refractivity contribution in [3.05, 3.63) is 121 Å². The van der Waals surface area contributed by atoms with E-state index in [4.69, 9.17) is 23.8 Å². The van der Waals surface area contributed by atoms with E-state index in [2.05, 4.69) is 17.1 Å². The molecule has 5 aromatic carbocycles. The molecule has 8 rings (SSSR count). The lowest BCUT2D eigenvalue weighted by molar-refractivity contribution is 0.620. The molecule has 188 valence electrons. The van der Waals surface area contributed by atoms with Crippen LogP contribution in [0.5, 0.6) is 0 Å². The summed E-state index contributed by atoms with van der Waals surface area (Å²) in [5, 5.41) is 2.14. The number of fused-ring (bicyclic) bond motifs is 4. The van der Waals surface area contributed by atoms with Gasteiger partial charge in [-0.2, -0.15) is 0 Å². The van der Waals surface area contributed by atoms with Crippen molar-refractivity contribution in [3.8, 4) is 45.6 Å². The Morgan fingerprint density at radius 1 is 0.375 bits per heavy atom. The van der Waals surface area contributed by atoms with E-state index in [1.807, 2.05) is 109 Å². The summed E-state index contributed by atoms with van der Waals surface area (Å²) in [5.74, 6) is 2.28. The molecule has 0 atom stereocenters. The molecule has 0 unspecified atom stereocenters. The van der Waals surface area contributed by atoms with E-state index < -0.39 is 0 Å². The molecule has 0 saturated carbocycles. The first-order valence-electron chi connectivity index (χ1n) is 13.0. The molecule has 6 nitrogen and oxygen atoms in total. The Kier molecular flexibility index (Phi) is 5.03. The van der Waals surface area contributed by atoms with E-state index in [9.17, 15) is 0 Å². The van der Waals surface area contributed by atoms with Crippen LogP contribution in [0.15, 0.2) is 130 Å². The van der Waals surface area contributed by atoms with Gasteiger partial charge in [0.25, 0.3) is 0 Å². The molecule has 0 radical (unpaired) electrons. The Morgan fingerprint density at radius 2 is 0.950 bits per heavy atom. The molecule has 6 heteroatoms. The van der Waals surface area contributed by atoms with Crippen LogP contribution in [0.25, 0.3) is 78.7 Å². The van der Waals surface area contributed by atoms with Crippen LogP contribution in [0.4, 0.5) is 0 Å². The number of nitrogens with zero attached hydrogens (tertiary/aromatic N) is 4. The topological polar surface area (TPSA) is 77.8 Å². The third-order valence-electron chi connectivity index (χ3n) is 6.97. The van der Waals surface area contributed by atoms with Crippen molar-refractivity contribution < 1.29 is 8.83 Å². The summed E-state index contributed by atoms with van der Waals surface area (Å²) in [6.07, 6.45) is 0. The van der Waals surface area contributed by atoms with Gasteiger partial charge < -0.3 is 8.83 Å². The largest absolute Gasteiger partial charge is 0.456 e. The van der Waals surface area contributed by atoms with Gasteiger partial charge in [0.15, 0.2) is 23.1 Å². The molecule has 0 aliphatic heterocycles. The fourth-order valence-electron chi connectivity index (χ4n) is 4.98. The van der Waals surface area contributed by atoms with Crippen LogP contribution in [0.2, 0.25) is 0 Å². The first-order valence-corrected chi connectivity index (χ1v) is 13.0. The van der Waals surface area contributed by atoms with Crippen molar-refractivity contribution in [1.29, 1.82) is 0 Å². The molecule has 0 N–H and O–H groups in total. The lowest BCUT2D eigenvalue weighted by atomic mass is 10.1. The molecular weight excluding hydrogens is 496 g/mol. The van der Waals surface area contributed by atoms with Crippen molar-refractivity contribution in [2.24, 2.45) is 0 Å². The SMILES string of the molecule is c1ccc(-c2nc(-c3ccc4nc(-c5ccccc5)oc4c3)nc(-c3ccc4c(c3)oc3ccccc34)n2)cc1. The van der Waals surface area contributed by atoms with Gasteiger partial charge in [0, 0.05) is 33.0 Å². The maximum atomic E-state index is 6.14. The second-order valence-electron chi connectivity index (χ2n) is 9.55. The maximum Gasteiger partial charge on any atom is 0.227 e. The van der Waals surface area contributed by atoms with Crippen LogP contribution in [-0.4, -0.2) is 19.9 Å². The Bertz CT molecular complexity index is 2170. The molecule has 3 aromatic heterocycles. The van der Waals surface area contributed by atoms with Gasteiger partial charge in [0.2, 0.25) is 5.89 Å². The third kappa shape index (κ3) is 3.82. The Morgan fingerprint density at radius 3 is 1.70 bits per heavy atom. The number of hydrogen-bond acceptors (Lipinski definition) is 6. The normalized spacial score (nSPS) is 11.5. The van der Waals surface area contributed by atoms with E-state index in [0.717, 1.165) is 49.7 Å². The molecule has 8 aromatic rings. The number of para-hydroxylation sites is 1. The standard InChI is InChI=1S/C34H20N4O2/c1-3-9-21(10-4-1)31-36-32(23-15-17-26-25-13-7-8-14-28(25)39-29(26)19-23)38-33(37-31)24-16-18-27-30(20-24)40-34(35-27)22-11-5-2-6-12-22/h1-20H. The van der Waals surface area contributed by atoms with E-state index in [-0.39, 0.29) is 0 Å². The molecular formula is C34H20N4O2. The lowest BCUT2D eigenvalue weighted by Gasteiger charge is -2.08. The molecule has 0 spiro atoms. The van der Waals surface area contributed by atoms with E-state index >= 15 is 0 Å². The van der Waals surface area contributed by atoms with E-state index in [0.29, 0.717) is 28.9 Å². The van der Waals surface area contributed by atoms with Gasteiger partial charge in [-0.15, -0.1) is 0 Å². The summed E-state index contributed by atoms with van der Waals surface area (Å²) in [5.41, 5.74) is 6.58. The molecule has 0 aliphatic carbocycles. The van der Waals surface area contributed by atoms with Crippen LogP contribution in [0, 0.1) is 0 Å². The van der Waals surface area contributed by atoms with Gasteiger partial charge in [-0.3, -0.25) is 0 Å². The van der Waals surface area contributed by atoms with Crippen molar-refractivity contribution >= 4 is 33.0 Å². The highest BCUT2D eigenvalue weighted by Gasteiger charge is 2.16. The molecule has 0 aliphatic rings. The molecule has 0 bridgehead atoms. The zero-order valence-corrected chi connectivity index (χ0v) is 21.2. The Balaban J connectivity index is 1.28. The average Bonchev–Trinajstić information content (AvgIpc) is 3.62. The third-order valence-corrected chi connectivity index (χ3v) is 6.97. The molecule has 3 heterocycles. The molecule has 0 amide bonds. The highest BCUT2D eigenvalue weighted by molar-refractivity contribution is 6.05. The minimum Gasteiger partial charge on any atom is -0.456 e. The van der Waals surface area contributed by atoms with Crippen molar-refractivity contribution in [2.75, 3.05) is 0 Å². The number of benzene rings is 5. The fraction of sp³-hybridized carbons (Fsp3) is 0. The first-order chi connectivity index (χ1) is 19.8. The van der Waals surface area contributed by atoms with Crippen LogP contribution in [-0.2, 0) is 0 Å². The van der Waals surface area contributed by atoms with Gasteiger partial charge in [0.1, 0.15) is 16.7 Å². The van der Waals surface area contributed by atoms with Crippen LogP contribution in [0.1, 0.15) is 0 Å². The first kappa shape index (κ1) is 22.4. The summed E-state index contributed by atoms with van der Waals surface area (Å²) in [4.78, 5) is 19.3. The zero-order valence-electron chi connectivity index (χ0n) is 21.2. The molecule has 0 saturated heterocycles. The van der Waals surface area contributed by atoms with Gasteiger partial charge in [-0.05, 0) is 48.5 Å². The molecule has 40 heavy (non-hydrogen) atoms. The number of rotatable bonds is 4. The monoisotopic (exact) mass is 516 g/mol. The number of furan rings is 1. The summed E-state index contributed by atoms with van der Waals surface area (Å²) in [6.45, 7) is 0. The Labute approximate surface area is 228 Å². The smallest absolute Gasteiger partial charge is 0.227 e. The van der Waals surface area contributed by atoms with E-state index in [1.54, 1.807) is 0 Å². The van der Waals surface area contributed by atoms with Gasteiger partial charge in [0.05, 0.1) is 0 Å². The minimum absolute atomic E-state index is 0.549. The predicted molar refractivity (Wildman–Crippen MR) is 156 cm³/mol. The zero-order chi connectivity index (χ0) is 26.5. The van der Waals surface area contributed by atoms with Gasteiger partial charge >= 0.3 is 0 Å². The summed E-state index contributed by atoms with van der Waals surface area (Å²) >= 11 is 0. The quantitative estimate of drug-likeness (QED) is 0.233. The van der Waals surface area contributed by atoms with Crippen molar-refractivity contribution in [3.63, 3.8) is 0 Å². The van der Waals surface area contributed by atoms with Crippen LogP contribution < -0.4 is 0 Å². The summed E-state index contributed by atoms with van der Waals surface area (Å²) < 4.78 is 12.3. The van der Waals surface area contributed by atoms with Crippen LogP contribution in [0.3, 0.4) is 0 Å². The van der Waals surface area contributed by atoms with E-state index in [1.165, 1.54) is 0 Å². The lowest BCUT2D eigenvalue weighted by Crippen LogP contribution is -2.00. The van der Waals surface area contributed by atoms with Gasteiger partial charge in [-0.25, -0.2) is 19.9 Å².